The lowest BCUT2D eigenvalue weighted by molar-refractivity contribution is -0.137. The fraction of sp³-hybridized carbons (Fsp3) is 0.200. The second kappa shape index (κ2) is 5.22. The van der Waals surface area contributed by atoms with E-state index in [0.29, 0.717) is 16.0 Å². The van der Waals surface area contributed by atoms with Crippen molar-refractivity contribution in [3.8, 4) is 0 Å². The number of nitrogens with zero attached hydrogens (tertiary/aromatic N) is 2. The predicted octanol–water partition coefficient (Wildman–Crippen LogP) is 4.59. The largest absolute Gasteiger partial charge is 0.417 e. The Kier molecular flexibility index (Phi) is 3.98. The van der Waals surface area contributed by atoms with Crippen molar-refractivity contribution in [2.45, 2.75) is 23.3 Å². The Morgan fingerprint density at radius 1 is 1.32 bits per heavy atom. The molecule has 0 aliphatic rings. The molecule has 2 aromatic heterocycles. The van der Waals surface area contributed by atoms with Crippen molar-refractivity contribution in [2.24, 2.45) is 0 Å². The number of nitrogens with one attached hydrogen (secondary N) is 1. The van der Waals surface area contributed by atoms with Crippen LogP contribution >= 0.6 is 35.0 Å². The molecule has 0 radical (unpaired) electrons. The molecule has 9 heteroatoms. The lowest BCUT2D eigenvalue weighted by Gasteiger charge is -2.07. The topological polar surface area (TPSA) is 41.6 Å². The van der Waals surface area contributed by atoms with Crippen LogP contribution in [-0.2, 0) is 6.18 Å². The summed E-state index contributed by atoms with van der Waals surface area (Å²) in [6.07, 6.45) is -3.74. The minimum Gasteiger partial charge on any atom is -0.335 e. The van der Waals surface area contributed by atoms with Gasteiger partial charge in [-0.15, -0.1) is 0 Å². The Morgan fingerprint density at radius 3 is 2.47 bits per heavy atom. The maximum atomic E-state index is 12.4. The van der Waals surface area contributed by atoms with Crippen molar-refractivity contribution in [1.82, 2.24) is 15.0 Å². The lowest BCUT2D eigenvalue weighted by Crippen LogP contribution is -2.05. The number of pyridine rings is 1. The molecular formula is C10H6Cl2F3N3S. The molecular weight excluding hydrogens is 322 g/mol. The van der Waals surface area contributed by atoms with Gasteiger partial charge in [0.2, 0.25) is 0 Å². The van der Waals surface area contributed by atoms with Gasteiger partial charge in [-0.25, -0.2) is 9.97 Å². The van der Waals surface area contributed by atoms with E-state index in [4.69, 9.17) is 23.2 Å². The first kappa shape index (κ1) is 14.5. The SMILES string of the molecule is Cc1[nH]c(Sc2ncc(C(F)(F)F)cc2Cl)nc1Cl. The maximum absolute atomic E-state index is 12.4. The molecule has 0 spiro atoms. The van der Waals surface area contributed by atoms with Gasteiger partial charge in [0.1, 0.15) is 5.03 Å². The van der Waals surface area contributed by atoms with Gasteiger partial charge >= 0.3 is 6.18 Å². The van der Waals surface area contributed by atoms with Crippen molar-refractivity contribution in [3.05, 3.63) is 33.7 Å². The molecule has 0 unspecified atom stereocenters. The minimum atomic E-state index is -4.47. The third kappa shape index (κ3) is 3.34. The van der Waals surface area contributed by atoms with E-state index >= 15 is 0 Å². The Hall–Kier alpha value is -0.920. The number of aryl methyl sites for hydroxylation is 1. The average molecular weight is 328 g/mol. The monoisotopic (exact) mass is 327 g/mol. The van der Waals surface area contributed by atoms with Gasteiger partial charge in [-0.3, -0.25) is 0 Å². The fourth-order valence-electron chi connectivity index (χ4n) is 1.21. The normalized spacial score (nSPS) is 11.9. The number of imidazole rings is 1. The highest BCUT2D eigenvalue weighted by Gasteiger charge is 2.31. The molecule has 0 aliphatic heterocycles. The Morgan fingerprint density at radius 2 is 2.00 bits per heavy atom. The fourth-order valence-corrected chi connectivity index (χ4v) is 2.46. The van der Waals surface area contributed by atoms with E-state index in [1.165, 1.54) is 0 Å². The summed E-state index contributed by atoms with van der Waals surface area (Å²) >= 11 is 12.5. The van der Waals surface area contributed by atoms with Crippen LogP contribution < -0.4 is 0 Å². The first-order valence-corrected chi connectivity index (χ1v) is 6.47. The molecule has 0 aliphatic carbocycles. The number of rotatable bonds is 2. The number of aromatic amines is 1. The molecule has 2 aromatic rings. The van der Waals surface area contributed by atoms with Crippen molar-refractivity contribution in [3.63, 3.8) is 0 Å². The Labute approximate surface area is 120 Å². The van der Waals surface area contributed by atoms with Gasteiger partial charge < -0.3 is 4.98 Å². The van der Waals surface area contributed by atoms with E-state index in [1.54, 1.807) is 6.92 Å². The minimum absolute atomic E-state index is 0.0926. The van der Waals surface area contributed by atoms with Crippen LogP contribution in [0.2, 0.25) is 10.2 Å². The summed E-state index contributed by atoms with van der Waals surface area (Å²) < 4.78 is 37.3. The lowest BCUT2D eigenvalue weighted by atomic mass is 10.3. The highest BCUT2D eigenvalue weighted by atomic mass is 35.5. The summed E-state index contributed by atoms with van der Waals surface area (Å²) in [5, 5.41) is 0.840. The molecule has 2 rings (SSSR count). The van der Waals surface area contributed by atoms with Crippen molar-refractivity contribution < 1.29 is 13.2 Å². The van der Waals surface area contributed by atoms with Crippen molar-refractivity contribution >= 4 is 35.0 Å². The van der Waals surface area contributed by atoms with Crippen LogP contribution in [0.5, 0.6) is 0 Å². The molecule has 0 aromatic carbocycles. The summed E-state index contributed by atoms with van der Waals surface area (Å²) in [5.41, 5.74) is -0.234. The van der Waals surface area contributed by atoms with E-state index in [9.17, 15) is 13.2 Å². The van der Waals surface area contributed by atoms with Crippen LogP contribution in [0.3, 0.4) is 0 Å². The summed E-state index contributed by atoms with van der Waals surface area (Å²) in [7, 11) is 0. The van der Waals surface area contributed by atoms with E-state index < -0.39 is 11.7 Å². The maximum Gasteiger partial charge on any atom is 0.417 e. The third-order valence-corrected chi connectivity index (χ3v) is 3.81. The zero-order valence-corrected chi connectivity index (χ0v) is 11.7. The number of hydrogen-bond acceptors (Lipinski definition) is 3. The number of hydrogen-bond donors (Lipinski definition) is 1. The van der Waals surface area contributed by atoms with Gasteiger partial charge in [0, 0.05) is 6.20 Å². The molecule has 0 bridgehead atoms. The third-order valence-electron chi connectivity index (χ3n) is 2.13. The average Bonchev–Trinajstić information content (AvgIpc) is 2.59. The van der Waals surface area contributed by atoms with Crippen molar-refractivity contribution in [1.29, 1.82) is 0 Å². The predicted molar refractivity (Wildman–Crippen MR) is 66.7 cm³/mol. The van der Waals surface area contributed by atoms with Crippen LogP contribution in [0.1, 0.15) is 11.3 Å². The van der Waals surface area contributed by atoms with E-state index in [2.05, 4.69) is 15.0 Å². The zero-order valence-electron chi connectivity index (χ0n) is 9.35. The number of halogens is 5. The summed E-state index contributed by atoms with van der Waals surface area (Å²) in [4.78, 5) is 10.5. The van der Waals surface area contributed by atoms with Gasteiger partial charge in [0.15, 0.2) is 10.3 Å². The molecule has 0 atom stereocenters. The zero-order chi connectivity index (χ0) is 14.2. The van der Waals surface area contributed by atoms with Crippen LogP contribution in [0, 0.1) is 6.92 Å². The van der Waals surface area contributed by atoms with E-state index in [1.807, 2.05) is 0 Å². The molecule has 2 heterocycles. The number of aromatic nitrogens is 3. The number of H-pyrrole nitrogens is 1. The first-order valence-electron chi connectivity index (χ1n) is 4.90. The molecule has 3 nitrogen and oxygen atoms in total. The van der Waals surface area contributed by atoms with Crippen LogP contribution in [0.4, 0.5) is 13.2 Å². The smallest absolute Gasteiger partial charge is 0.335 e. The van der Waals surface area contributed by atoms with Gasteiger partial charge in [-0.2, -0.15) is 13.2 Å². The highest BCUT2D eigenvalue weighted by molar-refractivity contribution is 7.99. The molecule has 19 heavy (non-hydrogen) atoms. The highest BCUT2D eigenvalue weighted by Crippen LogP contribution is 2.35. The van der Waals surface area contributed by atoms with E-state index in [0.717, 1.165) is 24.0 Å². The summed E-state index contributed by atoms with van der Waals surface area (Å²) in [6.45, 7) is 1.72. The Balaban J connectivity index is 2.27. The molecule has 0 saturated carbocycles. The molecule has 0 amide bonds. The summed E-state index contributed by atoms with van der Waals surface area (Å²) in [5.74, 6) is 0. The van der Waals surface area contributed by atoms with Gasteiger partial charge in [-0.1, -0.05) is 23.2 Å². The quantitative estimate of drug-likeness (QED) is 0.877. The Bertz CT molecular complexity index is 593. The molecule has 1 N–H and O–H groups in total. The van der Waals surface area contributed by atoms with Crippen LogP contribution in [-0.4, -0.2) is 15.0 Å². The van der Waals surface area contributed by atoms with Crippen LogP contribution in [0.25, 0.3) is 0 Å². The van der Waals surface area contributed by atoms with Gasteiger partial charge in [0.25, 0.3) is 0 Å². The standard InChI is InChI=1S/C10H6Cl2F3N3S/c1-4-7(12)18-9(17-4)19-8-6(11)2-5(3-16-8)10(13,14)15/h2-3H,1H3,(H,17,18). The van der Waals surface area contributed by atoms with Crippen molar-refractivity contribution in [2.75, 3.05) is 0 Å². The molecule has 102 valence electrons. The van der Waals surface area contributed by atoms with Gasteiger partial charge in [-0.05, 0) is 24.8 Å². The summed E-state index contributed by atoms with van der Waals surface area (Å²) in [6, 6.07) is 0.828. The number of alkyl halides is 3. The molecule has 0 fully saturated rings. The second-order valence-electron chi connectivity index (χ2n) is 3.57. The van der Waals surface area contributed by atoms with E-state index in [-0.39, 0.29) is 10.0 Å². The first-order chi connectivity index (χ1) is 8.77. The van der Waals surface area contributed by atoms with Gasteiger partial charge in [0.05, 0.1) is 16.3 Å². The second-order valence-corrected chi connectivity index (χ2v) is 5.31. The molecule has 0 saturated heterocycles. The van der Waals surface area contributed by atoms with Crippen LogP contribution in [0.15, 0.2) is 22.4 Å².